The molecule has 2 aromatic carbocycles. The Bertz CT molecular complexity index is 779. The molecule has 3 N–H and O–H groups in total. The average molecular weight is 379 g/mol. The molecule has 0 unspecified atom stereocenters. The Morgan fingerprint density at radius 2 is 2.09 bits per heavy atom. The lowest BCUT2D eigenvalue weighted by molar-refractivity contribution is -0.386. The Labute approximate surface area is 141 Å². The van der Waals surface area contributed by atoms with E-state index in [1.165, 1.54) is 23.3 Å². The number of phenols is 2. The van der Waals surface area contributed by atoms with Gasteiger partial charge in [0.05, 0.1) is 4.92 Å². The van der Waals surface area contributed by atoms with Crippen molar-refractivity contribution in [3.63, 3.8) is 0 Å². The van der Waals surface area contributed by atoms with Gasteiger partial charge >= 0.3 is 5.69 Å². The smallest absolute Gasteiger partial charge is 0.314 e. The fourth-order valence-electron chi connectivity index (χ4n) is 2.93. The summed E-state index contributed by atoms with van der Waals surface area (Å²) in [4.78, 5) is 10.2. The van der Waals surface area contributed by atoms with Crippen LogP contribution in [-0.4, -0.2) is 15.1 Å². The SMILES string of the molecule is O=[N+]([O-])c1cc(CN[C@@H]2CCc3ccc(Br)cc32)cc(O)c1O. The van der Waals surface area contributed by atoms with E-state index in [1.54, 1.807) is 0 Å². The summed E-state index contributed by atoms with van der Waals surface area (Å²) in [5.74, 6) is -1.18. The fraction of sp³-hybridized carbons (Fsp3) is 0.250. The summed E-state index contributed by atoms with van der Waals surface area (Å²) in [6.45, 7) is 0.366. The zero-order valence-corrected chi connectivity index (χ0v) is 13.7. The van der Waals surface area contributed by atoms with Crippen LogP contribution in [0.25, 0.3) is 0 Å². The molecule has 7 heteroatoms. The molecule has 6 nitrogen and oxygen atoms in total. The Kier molecular flexibility index (Phi) is 4.23. The van der Waals surface area contributed by atoms with Crippen molar-refractivity contribution in [1.82, 2.24) is 5.32 Å². The summed E-state index contributed by atoms with van der Waals surface area (Å²) < 4.78 is 1.02. The van der Waals surface area contributed by atoms with Gasteiger partial charge in [-0.3, -0.25) is 10.1 Å². The lowest BCUT2D eigenvalue weighted by Crippen LogP contribution is -2.18. The van der Waals surface area contributed by atoms with E-state index in [0.29, 0.717) is 12.1 Å². The van der Waals surface area contributed by atoms with Gasteiger partial charge in [0.1, 0.15) is 0 Å². The van der Waals surface area contributed by atoms with Crippen LogP contribution >= 0.6 is 15.9 Å². The van der Waals surface area contributed by atoms with E-state index in [2.05, 4.69) is 33.4 Å². The second kappa shape index (κ2) is 6.17. The zero-order valence-electron chi connectivity index (χ0n) is 12.1. The van der Waals surface area contributed by atoms with Crippen LogP contribution in [-0.2, 0) is 13.0 Å². The predicted molar refractivity (Wildman–Crippen MR) is 88.5 cm³/mol. The molecule has 1 aliphatic rings. The number of halogens is 1. The number of nitro groups is 1. The number of nitrogens with one attached hydrogen (secondary N) is 1. The minimum atomic E-state index is -0.708. The number of nitro benzene ring substituents is 1. The normalized spacial score (nSPS) is 16.3. The summed E-state index contributed by atoms with van der Waals surface area (Å²) in [5, 5.41) is 33.4. The standard InChI is InChI=1S/C16H15BrN2O4/c17-11-3-1-10-2-4-13(12(10)7-11)18-8-9-5-14(19(22)23)16(21)15(20)6-9/h1,3,5-7,13,18,20-21H,2,4,8H2/t13-/m1/s1. The predicted octanol–water partition coefficient (Wildman–Crippen LogP) is 3.55. The molecule has 1 aliphatic carbocycles. The van der Waals surface area contributed by atoms with Gasteiger partial charge in [0.2, 0.25) is 5.75 Å². The summed E-state index contributed by atoms with van der Waals surface area (Å²) >= 11 is 3.47. The van der Waals surface area contributed by atoms with Crippen molar-refractivity contribution in [3.05, 3.63) is 61.6 Å². The number of aryl methyl sites for hydroxylation is 1. The molecule has 0 aliphatic heterocycles. The van der Waals surface area contributed by atoms with Gasteiger partial charge in [0.15, 0.2) is 5.75 Å². The van der Waals surface area contributed by atoms with Crippen molar-refractivity contribution in [1.29, 1.82) is 0 Å². The highest BCUT2D eigenvalue weighted by atomic mass is 79.9. The fourth-order valence-corrected chi connectivity index (χ4v) is 3.31. The second-order valence-electron chi connectivity index (χ2n) is 5.56. The van der Waals surface area contributed by atoms with Crippen molar-refractivity contribution in [2.75, 3.05) is 0 Å². The van der Waals surface area contributed by atoms with Crippen LogP contribution in [0.5, 0.6) is 11.5 Å². The van der Waals surface area contributed by atoms with Gasteiger partial charge < -0.3 is 15.5 Å². The molecule has 1 atom stereocenters. The van der Waals surface area contributed by atoms with E-state index in [9.17, 15) is 20.3 Å². The molecule has 3 rings (SSSR count). The number of rotatable bonds is 4. The van der Waals surface area contributed by atoms with Gasteiger partial charge in [-0.25, -0.2) is 0 Å². The third kappa shape index (κ3) is 3.16. The summed E-state index contributed by atoms with van der Waals surface area (Å²) in [6.07, 6.45) is 1.94. The highest BCUT2D eigenvalue weighted by Gasteiger charge is 2.23. The van der Waals surface area contributed by atoms with E-state index in [-0.39, 0.29) is 6.04 Å². The van der Waals surface area contributed by atoms with Gasteiger partial charge in [0, 0.05) is 23.1 Å². The minimum Gasteiger partial charge on any atom is -0.504 e. The Morgan fingerprint density at radius 1 is 1.30 bits per heavy atom. The maximum Gasteiger partial charge on any atom is 0.314 e. The Morgan fingerprint density at radius 3 is 2.83 bits per heavy atom. The second-order valence-corrected chi connectivity index (χ2v) is 6.47. The minimum absolute atomic E-state index is 0.164. The van der Waals surface area contributed by atoms with E-state index >= 15 is 0 Å². The Balaban J connectivity index is 1.78. The van der Waals surface area contributed by atoms with Gasteiger partial charge in [-0.2, -0.15) is 0 Å². The highest BCUT2D eigenvalue weighted by molar-refractivity contribution is 9.10. The molecule has 0 aromatic heterocycles. The Hall–Kier alpha value is -2.12. The molecular weight excluding hydrogens is 364 g/mol. The van der Waals surface area contributed by atoms with E-state index in [0.717, 1.165) is 17.3 Å². The van der Waals surface area contributed by atoms with Crippen molar-refractivity contribution in [2.45, 2.75) is 25.4 Å². The number of hydrogen-bond acceptors (Lipinski definition) is 5. The number of aromatic hydroxyl groups is 2. The van der Waals surface area contributed by atoms with Crippen LogP contribution in [0, 0.1) is 10.1 Å². The third-order valence-electron chi connectivity index (χ3n) is 4.06. The first-order valence-electron chi connectivity index (χ1n) is 7.16. The molecule has 0 saturated carbocycles. The van der Waals surface area contributed by atoms with E-state index < -0.39 is 22.1 Å². The molecule has 2 aromatic rings. The van der Waals surface area contributed by atoms with Gasteiger partial charge in [0.25, 0.3) is 0 Å². The van der Waals surface area contributed by atoms with E-state index in [1.807, 2.05) is 6.07 Å². The summed E-state index contributed by atoms with van der Waals surface area (Å²) in [7, 11) is 0. The number of hydrogen-bond donors (Lipinski definition) is 3. The van der Waals surface area contributed by atoms with E-state index in [4.69, 9.17) is 0 Å². The lowest BCUT2D eigenvalue weighted by atomic mass is 10.1. The van der Waals surface area contributed by atoms with Crippen molar-refractivity contribution < 1.29 is 15.1 Å². The molecule has 0 amide bonds. The number of fused-ring (bicyclic) bond motifs is 1. The monoisotopic (exact) mass is 378 g/mol. The number of nitrogens with zero attached hydrogens (tertiary/aromatic N) is 1. The summed E-state index contributed by atoms with van der Waals surface area (Å²) in [5.41, 5.74) is 2.58. The first-order valence-corrected chi connectivity index (χ1v) is 7.96. The van der Waals surface area contributed by atoms with Crippen LogP contribution < -0.4 is 5.32 Å². The maximum absolute atomic E-state index is 10.9. The number of phenolic OH excluding ortho intramolecular Hbond substituents is 2. The van der Waals surface area contributed by atoms with Crippen LogP contribution in [0.4, 0.5) is 5.69 Å². The van der Waals surface area contributed by atoms with Crippen LogP contribution in [0.3, 0.4) is 0 Å². The topological polar surface area (TPSA) is 95.6 Å². The molecule has 0 heterocycles. The average Bonchev–Trinajstić information content (AvgIpc) is 2.90. The summed E-state index contributed by atoms with van der Waals surface area (Å²) in [6, 6.07) is 8.97. The van der Waals surface area contributed by atoms with Crippen LogP contribution in [0.15, 0.2) is 34.8 Å². The third-order valence-corrected chi connectivity index (χ3v) is 4.56. The quantitative estimate of drug-likeness (QED) is 0.429. The molecule has 0 spiro atoms. The largest absolute Gasteiger partial charge is 0.504 e. The molecule has 23 heavy (non-hydrogen) atoms. The van der Waals surface area contributed by atoms with Crippen molar-refractivity contribution >= 4 is 21.6 Å². The zero-order chi connectivity index (χ0) is 16.6. The van der Waals surface area contributed by atoms with Crippen molar-refractivity contribution in [2.24, 2.45) is 0 Å². The lowest BCUT2D eigenvalue weighted by Gasteiger charge is -2.15. The highest BCUT2D eigenvalue weighted by Crippen LogP contribution is 2.37. The molecule has 0 saturated heterocycles. The first kappa shape index (κ1) is 15.8. The first-order chi connectivity index (χ1) is 11.0. The van der Waals surface area contributed by atoms with Crippen molar-refractivity contribution in [3.8, 4) is 11.5 Å². The number of benzene rings is 2. The maximum atomic E-state index is 10.9. The van der Waals surface area contributed by atoms with Gasteiger partial charge in [-0.05, 0) is 47.7 Å². The van der Waals surface area contributed by atoms with Gasteiger partial charge in [-0.1, -0.05) is 22.0 Å². The van der Waals surface area contributed by atoms with Gasteiger partial charge in [-0.15, -0.1) is 0 Å². The van der Waals surface area contributed by atoms with Crippen LogP contribution in [0.1, 0.15) is 29.2 Å². The molecule has 120 valence electrons. The molecule has 0 bridgehead atoms. The molecule has 0 fully saturated rings. The molecular formula is C16H15BrN2O4. The van der Waals surface area contributed by atoms with Crippen LogP contribution in [0.2, 0.25) is 0 Å². The molecule has 0 radical (unpaired) electrons.